The molecule has 0 fully saturated rings. The fourth-order valence-electron chi connectivity index (χ4n) is 3.12. The molecule has 3 aromatic rings. The van der Waals surface area contributed by atoms with Crippen LogP contribution in [0.1, 0.15) is 27.0 Å². The van der Waals surface area contributed by atoms with Crippen molar-refractivity contribution in [3.05, 3.63) is 95.3 Å². The van der Waals surface area contributed by atoms with E-state index in [1.807, 2.05) is 49.4 Å². The Balaban J connectivity index is 1.91. The van der Waals surface area contributed by atoms with Gasteiger partial charge in [0.25, 0.3) is 11.8 Å². The number of nitrogens with zero attached hydrogens (tertiary/aromatic N) is 2. The molecule has 0 N–H and O–H groups in total. The van der Waals surface area contributed by atoms with Gasteiger partial charge >= 0.3 is 0 Å². The summed E-state index contributed by atoms with van der Waals surface area (Å²) in [4.78, 5) is 31.6. The summed E-state index contributed by atoms with van der Waals surface area (Å²) in [6.45, 7) is 1.93. The van der Waals surface area contributed by atoms with E-state index < -0.39 is 0 Å². The van der Waals surface area contributed by atoms with E-state index in [2.05, 4.69) is 4.98 Å². The number of fused-ring (bicyclic) bond motifs is 1. The Hall–Kier alpha value is -3.53. The van der Waals surface area contributed by atoms with Gasteiger partial charge in [0.05, 0.1) is 5.69 Å². The van der Waals surface area contributed by atoms with E-state index in [1.54, 1.807) is 36.7 Å². The second kappa shape index (κ2) is 6.41. The van der Waals surface area contributed by atoms with Crippen molar-refractivity contribution in [2.45, 2.75) is 6.92 Å². The van der Waals surface area contributed by atoms with Crippen LogP contribution in [0.25, 0.3) is 11.6 Å². The maximum absolute atomic E-state index is 13.2. The molecule has 0 saturated carbocycles. The highest BCUT2D eigenvalue weighted by atomic mass is 16.2. The van der Waals surface area contributed by atoms with Crippen LogP contribution in [0.4, 0.5) is 5.69 Å². The number of aryl methyl sites for hydroxylation is 1. The quantitative estimate of drug-likeness (QED) is 0.521. The van der Waals surface area contributed by atoms with Gasteiger partial charge in [-0.3, -0.25) is 14.6 Å². The van der Waals surface area contributed by atoms with Crippen LogP contribution in [0.15, 0.2) is 73.1 Å². The van der Waals surface area contributed by atoms with Crippen molar-refractivity contribution in [1.29, 1.82) is 0 Å². The molecule has 2 amide bonds. The zero-order chi connectivity index (χ0) is 18.1. The molecular weight excluding hydrogens is 324 g/mol. The topological polar surface area (TPSA) is 50.3 Å². The largest absolute Gasteiger partial charge is 0.268 e. The molecule has 1 aliphatic heterocycles. The molecule has 4 heteroatoms. The fraction of sp³-hybridized carbons (Fsp3) is 0.0455. The third-order valence-electron chi connectivity index (χ3n) is 4.34. The van der Waals surface area contributed by atoms with Gasteiger partial charge < -0.3 is 0 Å². The molecule has 0 radical (unpaired) electrons. The van der Waals surface area contributed by atoms with Crippen LogP contribution in [-0.4, -0.2) is 16.8 Å². The standard InChI is InChI=1S/C22H16N2O2/c1-15-6-4-8-17(12-15)24-21(25)19-10-3-2-9-18(19)20(22(24)26)13-16-7-5-11-23-14-16/h2-14H,1H3/b20-13-. The first-order valence-corrected chi connectivity index (χ1v) is 8.32. The smallest absolute Gasteiger partial charge is 0.265 e. The van der Waals surface area contributed by atoms with Crippen LogP contribution in [0.5, 0.6) is 0 Å². The van der Waals surface area contributed by atoms with Crippen LogP contribution in [0, 0.1) is 6.92 Å². The summed E-state index contributed by atoms with van der Waals surface area (Å²) < 4.78 is 0. The average Bonchev–Trinajstić information content (AvgIpc) is 2.66. The Bertz CT molecular complexity index is 1040. The number of carbonyl (C=O) groups excluding carboxylic acids is 2. The first-order chi connectivity index (χ1) is 12.6. The number of carbonyl (C=O) groups is 2. The predicted octanol–water partition coefficient (Wildman–Crippen LogP) is 4.12. The van der Waals surface area contributed by atoms with Crippen molar-refractivity contribution in [2.75, 3.05) is 4.90 Å². The number of pyridine rings is 1. The lowest BCUT2D eigenvalue weighted by atomic mass is 9.92. The van der Waals surface area contributed by atoms with E-state index in [-0.39, 0.29) is 11.8 Å². The maximum atomic E-state index is 13.2. The van der Waals surface area contributed by atoms with E-state index in [4.69, 9.17) is 0 Å². The normalized spacial score (nSPS) is 15.3. The van der Waals surface area contributed by atoms with Crippen LogP contribution in [0.3, 0.4) is 0 Å². The maximum Gasteiger partial charge on any atom is 0.265 e. The molecule has 0 bridgehead atoms. The first-order valence-electron chi connectivity index (χ1n) is 8.32. The van der Waals surface area contributed by atoms with Crippen molar-refractivity contribution in [3.8, 4) is 0 Å². The summed E-state index contributed by atoms with van der Waals surface area (Å²) in [5.74, 6) is -0.636. The average molecular weight is 340 g/mol. The number of hydrogen-bond acceptors (Lipinski definition) is 3. The molecule has 1 aliphatic rings. The minimum Gasteiger partial charge on any atom is -0.268 e. The van der Waals surface area contributed by atoms with Gasteiger partial charge in [0.1, 0.15) is 0 Å². The van der Waals surface area contributed by atoms with Crippen molar-refractivity contribution in [2.24, 2.45) is 0 Å². The number of benzene rings is 2. The number of rotatable bonds is 2. The van der Waals surface area contributed by atoms with Crippen molar-refractivity contribution < 1.29 is 9.59 Å². The molecule has 4 nitrogen and oxygen atoms in total. The first kappa shape index (κ1) is 16.0. The molecule has 1 aromatic heterocycles. The highest BCUT2D eigenvalue weighted by Gasteiger charge is 2.35. The molecule has 4 rings (SSSR count). The van der Waals surface area contributed by atoms with Gasteiger partial charge in [0, 0.05) is 23.5 Å². The lowest BCUT2D eigenvalue weighted by molar-refractivity contribution is -0.112. The van der Waals surface area contributed by atoms with Crippen LogP contribution >= 0.6 is 0 Å². The lowest BCUT2D eigenvalue weighted by Gasteiger charge is -2.29. The van der Waals surface area contributed by atoms with Crippen LogP contribution in [0.2, 0.25) is 0 Å². The van der Waals surface area contributed by atoms with Gasteiger partial charge in [-0.05, 0) is 54.0 Å². The third-order valence-corrected chi connectivity index (χ3v) is 4.34. The number of imide groups is 1. The van der Waals surface area contributed by atoms with Crippen molar-refractivity contribution in [3.63, 3.8) is 0 Å². The molecule has 0 saturated heterocycles. The third kappa shape index (κ3) is 2.71. The molecule has 0 unspecified atom stereocenters. The molecule has 0 aliphatic carbocycles. The van der Waals surface area contributed by atoms with Crippen LogP contribution < -0.4 is 4.90 Å². The Kier molecular flexibility index (Phi) is 3.93. The van der Waals surface area contributed by atoms with E-state index in [9.17, 15) is 9.59 Å². The predicted molar refractivity (Wildman–Crippen MR) is 102 cm³/mol. The van der Waals surface area contributed by atoms with Gasteiger partial charge in [0.15, 0.2) is 0 Å². The zero-order valence-electron chi connectivity index (χ0n) is 14.2. The summed E-state index contributed by atoms with van der Waals surface area (Å²) in [5.41, 5.74) is 4.02. The molecule has 26 heavy (non-hydrogen) atoms. The summed E-state index contributed by atoms with van der Waals surface area (Å²) in [7, 11) is 0. The SMILES string of the molecule is Cc1cccc(N2C(=O)/C(=C\c3cccnc3)c3ccccc3C2=O)c1. The summed E-state index contributed by atoms with van der Waals surface area (Å²) in [6, 6.07) is 18.3. The Morgan fingerprint density at radius 3 is 2.42 bits per heavy atom. The molecule has 126 valence electrons. The van der Waals surface area contributed by atoms with Gasteiger partial charge in [0.2, 0.25) is 0 Å². The number of amides is 2. The molecule has 0 atom stereocenters. The Labute approximate surface area is 151 Å². The van der Waals surface area contributed by atoms with E-state index >= 15 is 0 Å². The lowest BCUT2D eigenvalue weighted by Crippen LogP contribution is -2.41. The fourth-order valence-corrected chi connectivity index (χ4v) is 3.12. The van der Waals surface area contributed by atoms with E-state index in [0.29, 0.717) is 22.4 Å². The minimum atomic E-state index is -0.330. The molecular formula is C22H16N2O2. The van der Waals surface area contributed by atoms with Gasteiger partial charge in [-0.15, -0.1) is 0 Å². The molecule has 0 spiro atoms. The van der Waals surface area contributed by atoms with Crippen molar-refractivity contribution in [1.82, 2.24) is 4.98 Å². The zero-order valence-corrected chi connectivity index (χ0v) is 14.2. The highest BCUT2D eigenvalue weighted by molar-refractivity contribution is 6.43. The summed E-state index contributed by atoms with van der Waals surface area (Å²) >= 11 is 0. The highest BCUT2D eigenvalue weighted by Crippen LogP contribution is 2.33. The summed E-state index contributed by atoms with van der Waals surface area (Å²) in [5, 5.41) is 0. The Morgan fingerprint density at radius 1 is 0.885 bits per heavy atom. The summed E-state index contributed by atoms with van der Waals surface area (Å²) in [6.07, 6.45) is 5.15. The van der Waals surface area contributed by atoms with Crippen molar-refractivity contribution >= 4 is 29.2 Å². The van der Waals surface area contributed by atoms with Gasteiger partial charge in [-0.25, -0.2) is 4.90 Å². The van der Waals surface area contributed by atoms with Gasteiger partial charge in [-0.1, -0.05) is 36.4 Å². The van der Waals surface area contributed by atoms with Gasteiger partial charge in [-0.2, -0.15) is 0 Å². The Morgan fingerprint density at radius 2 is 1.69 bits per heavy atom. The second-order valence-electron chi connectivity index (χ2n) is 6.17. The monoisotopic (exact) mass is 340 g/mol. The minimum absolute atomic E-state index is 0.306. The van der Waals surface area contributed by atoms with E-state index in [1.165, 1.54) is 4.90 Å². The van der Waals surface area contributed by atoms with Crippen LogP contribution in [-0.2, 0) is 4.79 Å². The molecule has 2 aromatic carbocycles. The van der Waals surface area contributed by atoms with E-state index in [0.717, 1.165) is 11.1 Å². The second-order valence-corrected chi connectivity index (χ2v) is 6.17. The number of hydrogen-bond donors (Lipinski definition) is 0. The number of anilines is 1. The number of aromatic nitrogens is 1. The molecule has 2 heterocycles.